The van der Waals surface area contributed by atoms with Crippen LogP contribution in [0, 0.1) is 0 Å². The summed E-state index contributed by atoms with van der Waals surface area (Å²) in [5.74, 6) is 0. The number of hydrogen-bond acceptors (Lipinski definition) is 5. The fourth-order valence-electron chi connectivity index (χ4n) is 1.21. The Labute approximate surface area is 81.5 Å². The average molecular weight is 218 g/mol. The summed E-state index contributed by atoms with van der Waals surface area (Å²) in [7, 11) is -3.52. The third-order valence-electron chi connectivity index (χ3n) is 1.93. The molecule has 2 rings (SSSR count). The van der Waals surface area contributed by atoms with Crippen LogP contribution >= 0.6 is 0 Å². The van der Waals surface area contributed by atoms with E-state index in [9.17, 15) is 8.42 Å². The Hall–Kier alpha value is -0.990. The van der Waals surface area contributed by atoms with Crippen LogP contribution in [0.15, 0.2) is 12.7 Å². The summed E-state index contributed by atoms with van der Waals surface area (Å²) < 4.78 is 30.8. The molecule has 0 radical (unpaired) electrons. The van der Waals surface area contributed by atoms with Gasteiger partial charge >= 0.3 is 10.2 Å². The second-order valence-corrected chi connectivity index (χ2v) is 4.57. The Bertz CT molecular complexity index is 381. The molecule has 0 saturated carbocycles. The normalized spacial score (nSPS) is 19.7. The average Bonchev–Trinajstić information content (AvgIpc) is 2.72. The highest BCUT2D eigenvalue weighted by Gasteiger charge is 2.26. The van der Waals surface area contributed by atoms with Crippen LogP contribution in [0.25, 0.3) is 0 Å². The third-order valence-corrected chi connectivity index (χ3v) is 3.61. The topological polar surface area (TPSA) is 77.3 Å². The van der Waals surface area contributed by atoms with E-state index in [2.05, 4.69) is 10.1 Å². The smallest absolute Gasteiger partial charge is 0.324 e. The van der Waals surface area contributed by atoms with Crippen LogP contribution in [-0.4, -0.2) is 53.2 Å². The molecule has 0 N–H and O–H groups in total. The van der Waals surface area contributed by atoms with Gasteiger partial charge in [-0.15, -0.1) is 9.19 Å². The molecule has 0 aromatic carbocycles. The highest BCUT2D eigenvalue weighted by atomic mass is 32.2. The minimum atomic E-state index is -3.52. The van der Waals surface area contributed by atoms with Crippen molar-refractivity contribution in [2.75, 3.05) is 26.3 Å². The SMILES string of the molecule is O=S(=O)(N1CCOCC1)n1cncn1. The fourth-order valence-corrected chi connectivity index (χ4v) is 2.39. The molecule has 8 heteroatoms. The Kier molecular flexibility index (Phi) is 2.48. The number of aromatic nitrogens is 3. The molecule has 2 heterocycles. The molecular weight excluding hydrogens is 208 g/mol. The molecule has 0 aliphatic carbocycles. The molecule has 0 amide bonds. The van der Waals surface area contributed by atoms with E-state index in [1.54, 1.807) is 0 Å². The Balaban J connectivity index is 2.23. The number of ether oxygens (including phenoxy) is 1. The van der Waals surface area contributed by atoms with Crippen LogP contribution in [0.3, 0.4) is 0 Å². The lowest BCUT2D eigenvalue weighted by atomic mass is 10.5. The molecule has 14 heavy (non-hydrogen) atoms. The van der Waals surface area contributed by atoms with Gasteiger partial charge in [-0.3, -0.25) is 0 Å². The number of morpholine rings is 1. The molecule has 1 aromatic heterocycles. The standard InChI is InChI=1S/C6H10N4O3S/c11-14(12,10-6-7-5-8-10)9-1-3-13-4-2-9/h5-6H,1-4H2. The van der Waals surface area contributed by atoms with Gasteiger partial charge in [0.15, 0.2) is 0 Å². The monoisotopic (exact) mass is 218 g/mol. The second-order valence-electron chi connectivity index (χ2n) is 2.79. The summed E-state index contributed by atoms with van der Waals surface area (Å²) in [4.78, 5) is 3.60. The Morgan fingerprint density at radius 2 is 2.00 bits per heavy atom. The van der Waals surface area contributed by atoms with E-state index in [0.29, 0.717) is 26.3 Å². The number of nitrogens with zero attached hydrogens (tertiary/aromatic N) is 4. The van der Waals surface area contributed by atoms with Gasteiger partial charge in [-0.25, -0.2) is 4.98 Å². The van der Waals surface area contributed by atoms with E-state index >= 15 is 0 Å². The summed E-state index contributed by atoms with van der Waals surface area (Å²) in [6.07, 6.45) is 2.36. The maximum atomic E-state index is 11.8. The van der Waals surface area contributed by atoms with Gasteiger partial charge in [0, 0.05) is 13.1 Å². The van der Waals surface area contributed by atoms with Gasteiger partial charge < -0.3 is 4.74 Å². The van der Waals surface area contributed by atoms with Crippen molar-refractivity contribution in [3.05, 3.63) is 12.7 Å². The van der Waals surface area contributed by atoms with Gasteiger partial charge in [-0.2, -0.15) is 12.7 Å². The molecular formula is C6H10N4O3S. The summed E-state index contributed by atoms with van der Waals surface area (Å²) in [5, 5.41) is 3.60. The highest BCUT2D eigenvalue weighted by molar-refractivity contribution is 7.87. The van der Waals surface area contributed by atoms with Crippen LogP contribution in [0.2, 0.25) is 0 Å². The first-order valence-corrected chi connectivity index (χ1v) is 5.54. The van der Waals surface area contributed by atoms with E-state index in [1.165, 1.54) is 17.0 Å². The van der Waals surface area contributed by atoms with E-state index in [4.69, 9.17) is 4.74 Å². The van der Waals surface area contributed by atoms with Gasteiger partial charge in [0.25, 0.3) is 0 Å². The molecule has 0 unspecified atom stereocenters. The number of rotatable bonds is 2. The van der Waals surface area contributed by atoms with Gasteiger partial charge in [-0.05, 0) is 0 Å². The zero-order valence-electron chi connectivity index (χ0n) is 7.40. The second kappa shape index (κ2) is 3.64. The van der Waals surface area contributed by atoms with E-state index in [-0.39, 0.29) is 0 Å². The molecule has 1 fully saturated rings. The largest absolute Gasteiger partial charge is 0.379 e. The highest BCUT2D eigenvalue weighted by Crippen LogP contribution is 2.06. The minimum Gasteiger partial charge on any atom is -0.379 e. The van der Waals surface area contributed by atoms with Crippen molar-refractivity contribution in [1.29, 1.82) is 0 Å². The van der Waals surface area contributed by atoms with Crippen molar-refractivity contribution in [3.63, 3.8) is 0 Å². The maximum Gasteiger partial charge on any atom is 0.324 e. The molecule has 0 atom stereocenters. The van der Waals surface area contributed by atoms with Gasteiger partial charge in [0.2, 0.25) is 0 Å². The fraction of sp³-hybridized carbons (Fsp3) is 0.667. The Morgan fingerprint density at radius 1 is 1.29 bits per heavy atom. The predicted molar refractivity (Wildman–Crippen MR) is 46.7 cm³/mol. The van der Waals surface area contributed by atoms with Crippen LogP contribution in [0.1, 0.15) is 0 Å². The van der Waals surface area contributed by atoms with Gasteiger partial charge in [0.05, 0.1) is 13.2 Å². The summed E-state index contributed by atoms with van der Waals surface area (Å²) in [6, 6.07) is 0. The van der Waals surface area contributed by atoms with Crippen molar-refractivity contribution in [2.24, 2.45) is 0 Å². The van der Waals surface area contributed by atoms with E-state index < -0.39 is 10.2 Å². The van der Waals surface area contributed by atoms with Crippen LogP contribution < -0.4 is 0 Å². The van der Waals surface area contributed by atoms with Crippen molar-refractivity contribution in [1.82, 2.24) is 18.5 Å². The molecule has 0 spiro atoms. The first-order valence-electron chi connectivity index (χ1n) is 4.14. The lowest BCUT2D eigenvalue weighted by molar-refractivity contribution is 0.0724. The predicted octanol–water partition coefficient (Wildman–Crippen LogP) is -1.30. The molecule has 0 bridgehead atoms. The quantitative estimate of drug-likeness (QED) is 0.616. The van der Waals surface area contributed by atoms with Gasteiger partial charge in [0.1, 0.15) is 12.7 Å². The molecule has 1 aromatic rings. The summed E-state index contributed by atoms with van der Waals surface area (Å²) in [6.45, 7) is 1.58. The molecule has 1 aliphatic heterocycles. The zero-order chi connectivity index (χ0) is 10.0. The Morgan fingerprint density at radius 3 is 2.57 bits per heavy atom. The van der Waals surface area contributed by atoms with Crippen LogP contribution in [-0.2, 0) is 14.9 Å². The van der Waals surface area contributed by atoms with Gasteiger partial charge in [-0.1, -0.05) is 0 Å². The van der Waals surface area contributed by atoms with Crippen molar-refractivity contribution in [2.45, 2.75) is 0 Å². The third kappa shape index (κ3) is 1.63. The maximum absolute atomic E-state index is 11.8. The molecule has 7 nitrogen and oxygen atoms in total. The summed E-state index contributed by atoms with van der Waals surface area (Å²) >= 11 is 0. The molecule has 1 saturated heterocycles. The van der Waals surface area contributed by atoms with Crippen LogP contribution in [0.4, 0.5) is 0 Å². The van der Waals surface area contributed by atoms with Crippen molar-refractivity contribution in [3.8, 4) is 0 Å². The lowest BCUT2D eigenvalue weighted by Crippen LogP contribution is -2.43. The molecule has 78 valence electrons. The first-order chi connectivity index (χ1) is 6.71. The minimum absolute atomic E-state index is 0.363. The van der Waals surface area contributed by atoms with E-state index in [0.717, 1.165) is 4.09 Å². The van der Waals surface area contributed by atoms with Crippen molar-refractivity contribution >= 4 is 10.2 Å². The summed E-state index contributed by atoms with van der Waals surface area (Å²) in [5.41, 5.74) is 0. The lowest BCUT2D eigenvalue weighted by Gasteiger charge is -2.25. The first kappa shape index (κ1) is 9.56. The van der Waals surface area contributed by atoms with Crippen molar-refractivity contribution < 1.29 is 13.2 Å². The molecule has 1 aliphatic rings. The van der Waals surface area contributed by atoms with Crippen LogP contribution in [0.5, 0.6) is 0 Å². The zero-order valence-corrected chi connectivity index (χ0v) is 8.22. The van der Waals surface area contributed by atoms with E-state index in [1.807, 2.05) is 0 Å². The number of hydrogen-bond donors (Lipinski definition) is 0.